The Labute approximate surface area is 186 Å². The summed E-state index contributed by atoms with van der Waals surface area (Å²) in [6.07, 6.45) is 2.89. The largest absolute Gasteiger partial charge is 0.481 e. The molecule has 2 fully saturated rings. The van der Waals surface area contributed by atoms with Gasteiger partial charge in [0, 0.05) is 45.1 Å². The zero-order valence-electron chi connectivity index (χ0n) is 18.6. The van der Waals surface area contributed by atoms with Crippen LogP contribution >= 0.6 is 0 Å². The van der Waals surface area contributed by atoms with E-state index in [1.807, 2.05) is 6.07 Å². The van der Waals surface area contributed by atoms with Crippen molar-refractivity contribution in [3.05, 3.63) is 23.8 Å². The second kappa shape index (κ2) is 9.28. The molecule has 174 valence electrons. The van der Waals surface area contributed by atoms with E-state index < -0.39 is 29.8 Å². The van der Waals surface area contributed by atoms with Gasteiger partial charge in [0.05, 0.1) is 31.5 Å². The molecule has 32 heavy (non-hydrogen) atoms. The first-order valence-electron chi connectivity index (χ1n) is 10.8. The lowest BCUT2D eigenvalue weighted by Gasteiger charge is -2.48. The summed E-state index contributed by atoms with van der Waals surface area (Å²) in [7, 11) is 2.15. The van der Waals surface area contributed by atoms with Crippen LogP contribution in [0.25, 0.3) is 0 Å². The first-order chi connectivity index (χ1) is 15.0. The van der Waals surface area contributed by atoms with Gasteiger partial charge in [-0.25, -0.2) is 0 Å². The number of carbonyl (C=O) groups excluding carboxylic acids is 2. The molecule has 9 nitrogen and oxygen atoms in total. The fourth-order valence-electron chi connectivity index (χ4n) is 5.53. The maximum atomic E-state index is 11.7. The molecule has 0 aromatic heterocycles. The van der Waals surface area contributed by atoms with Crippen LogP contribution in [0.4, 0.5) is 0 Å². The van der Waals surface area contributed by atoms with E-state index in [0.29, 0.717) is 19.4 Å². The van der Waals surface area contributed by atoms with Crippen LogP contribution < -0.4 is 9.47 Å². The van der Waals surface area contributed by atoms with Gasteiger partial charge >= 0.3 is 23.9 Å². The SMILES string of the molecule is CC(=O)Oc1ccc(C[N+]2(C)[C@@H]3CC[C@H]2CC(C(CC(=O)O)C(=O)O)C3)cc1OC(C)=O. The molecular formula is C23H30NO8+. The number of ether oxygens (including phenoxy) is 2. The Balaban J connectivity index is 1.81. The Hall–Kier alpha value is -2.94. The predicted molar refractivity (Wildman–Crippen MR) is 112 cm³/mol. The molecule has 2 aliphatic heterocycles. The van der Waals surface area contributed by atoms with Crippen LogP contribution in [-0.2, 0) is 25.7 Å². The van der Waals surface area contributed by atoms with Gasteiger partial charge in [-0.05, 0) is 24.1 Å². The van der Waals surface area contributed by atoms with E-state index in [1.54, 1.807) is 12.1 Å². The van der Waals surface area contributed by atoms with Gasteiger partial charge in [0.25, 0.3) is 0 Å². The Morgan fingerprint density at radius 2 is 1.56 bits per heavy atom. The smallest absolute Gasteiger partial charge is 0.308 e. The van der Waals surface area contributed by atoms with Gasteiger partial charge in [-0.2, -0.15) is 0 Å². The molecule has 0 saturated carbocycles. The van der Waals surface area contributed by atoms with Crippen molar-refractivity contribution in [3.63, 3.8) is 0 Å². The first kappa shape index (κ1) is 23.7. The normalized spacial score (nSPS) is 27.4. The summed E-state index contributed by atoms with van der Waals surface area (Å²) in [5, 5.41) is 18.7. The number of nitrogens with zero attached hydrogens (tertiary/aromatic N) is 1. The van der Waals surface area contributed by atoms with Crippen molar-refractivity contribution in [2.24, 2.45) is 11.8 Å². The summed E-state index contributed by atoms with van der Waals surface area (Å²) in [5.41, 5.74) is 0.912. The number of piperidine rings is 1. The van der Waals surface area contributed by atoms with Crippen LogP contribution in [0.5, 0.6) is 11.5 Å². The second-order valence-corrected chi connectivity index (χ2v) is 9.13. The van der Waals surface area contributed by atoms with Crippen molar-refractivity contribution in [1.82, 2.24) is 0 Å². The first-order valence-corrected chi connectivity index (χ1v) is 10.8. The molecule has 2 saturated heterocycles. The van der Waals surface area contributed by atoms with Gasteiger partial charge in [-0.15, -0.1) is 0 Å². The van der Waals surface area contributed by atoms with Crippen molar-refractivity contribution in [1.29, 1.82) is 0 Å². The highest BCUT2D eigenvalue weighted by Gasteiger charge is 2.53. The molecule has 0 spiro atoms. The molecule has 0 aliphatic carbocycles. The molecular weight excluding hydrogens is 418 g/mol. The number of benzene rings is 1. The molecule has 1 aromatic rings. The highest BCUT2D eigenvalue weighted by atomic mass is 16.6. The summed E-state index contributed by atoms with van der Waals surface area (Å²) >= 11 is 0. The Morgan fingerprint density at radius 1 is 1.00 bits per heavy atom. The molecule has 2 bridgehead atoms. The topological polar surface area (TPSA) is 127 Å². The van der Waals surface area contributed by atoms with Crippen LogP contribution in [0.15, 0.2) is 18.2 Å². The number of carboxylic acids is 2. The highest BCUT2D eigenvalue weighted by Crippen LogP contribution is 2.47. The van der Waals surface area contributed by atoms with Gasteiger partial charge in [-0.1, -0.05) is 0 Å². The predicted octanol–water partition coefficient (Wildman–Crippen LogP) is 2.60. The molecule has 3 unspecified atom stereocenters. The molecule has 3 rings (SSSR count). The zero-order chi connectivity index (χ0) is 23.6. The van der Waals surface area contributed by atoms with E-state index >= 15 is 0 Å². The molecule has 1 aromatic carbocycles. The summed E-state index contributed by atoms with van der Waals surface area (Å²) in [5.74, 6) is -3.82. The number of esters is 2. The molecule has 0 amide bonds. The number of fused-ring (bicyclic) bond motifs is 2. The Bertz CT molecular complexity index is 913. The molecule has 2 aliphatic rings. The average Bonchev–Trinajstić information content (AvgIpc) is 2.84. The zero-order valence-corrected chi connectivity index (χ0v) is 18.6. The van der Waals surface area contributed by atoms with E-state index in [2.05, 4.69) is 7.05 Å². The summed E-state index contributed by atoms with van der Waals surface area (Å²) < 4.78 is 11.1. The summed E-state index contributed by atoms with van der Waals surface area (Å²) in [6, 6.07) is 5.60. The summed E-state index contributed by atoms with van der Waals surface area (Å²) in [4.78, 5) is 45.7. The highest BCUT2D eigenvalue weighted by molar-refractivity contribution is 5.78. The van der Waals surface area contributed by atoms with Gasteiger partial charge < -0.3 is 24.2 Å². The van der Waals surface area contributed by atoms with Crippen molar-refractivity contribution in [2.75, 3.05) is 7.05 Å². The van der Waals surface area contributed by atoms with Gasteiger partial charge in [-0.3, -0.25) is 19.2 Å². The lowest BCUT2D eigenvalue weighted by atomic mass is 9.78. The van der Waals surface area contributed by atoms with Gasteiger partial charge in [0.15, 0.2) is 11.5 Å². The minimum Gasteiger partial charge on any atom is -0.481 e. The fourth-order valence-corrected chi connectivity index (χ4v) is 5.53. The molecule has 2 heterocycles. The number of aliphatic carboxylic acids is 2. The molecule has 2 N–H and O–H groups in total. The average molecular weight is 448 g/mol. The number of carbonyl (C=O) groups is 4. The quantitative estimate of drug-likeness (QED) is 0.353. The van der Waals surface area contributed by atoms with E-state index in [4.69, 9.17) is 14.6 Å². The van der Waals surface area contributed by atoms with Gasteiger partial charge in [0.1, 0.15) is 6.54 Å². The van der Waals surface area contributed by atoms with Crippen LogP contribution in [0, 0.1) is 11.8 Å². The second-order valence-electron chi connectivity index (χ2n) is 9.13. The number of quaternary nitrogens is 1. The van der Waals surface area contributed by atoms with E-state index in [0.717, 1.165) is 22.9 Å². The number of hydrogen-bond donors (Lipinski definition) is 2. The van der Waals surface area contributed by atoms with Crippen molar-refractivity contribution in [2.45, 2.75) is 64.6 Å². The molecule has 0 radical (unpaired) electrons. The van der Waals surface area contributed by atoms with Crippen LogP contribution in [-0.4, -0.2) is 57.7 Å². The van der Waals surface area contributed by atoms with E-state index in [9.17, 15) is 24.3 Å². The van der Waals surface area contributed by atoms with Crippen LogP contribution in [0.2, 0.25) is 0 Å². The summed E-state index contributed by atoms with van der Waals surface area (Å²) in [6.45, 7) is 3.20. The van der Waals surface area contributed by atoms with Crippen molar-refractivity contribution in [3.8, 4) is 11.5 Å². The van der Waals surface area contributed by atoms with Crippen LogP contribution in [0.1, 0.15) is 51.5 Å². The fraction of sp³-hybridized carbons (Fsp3) is 0.565. The van der Waals surface area contributed by atoms with Crippen LogP contribution in [0.3, 0.4) is 0 Å². The molecule has 5 atom stereocenters. The number of carboxylic acid groups (broad SMARTS) is 2. The number of rotatable bonds is 8. The monoisotopic (exact) mass is 448 g/mol. The maximum Gasteiger partial charge on any atom is 0.308 e. The third kappa shape index (κ3) is 5.09. The number of hydrogen-bond acceptors (Lipinski definition) is 6. The third-order valence-corrected chi connectivity index (χ3v) is 6.97. The minimum atomic E-state index is -1.08. The Morgan fingerprint density at radius 3 is 2.06 bits per heavy atom. The van der Waals surface area contributed by atoms with E-state index in [-0.39, 0.29) is 35.9 Å². The Kier molecular flexibility index (Phi) is 6.88. The van der Waals surface area contributed by atoms with Crippen molar-refractivity contribution < 1.29 is 43.3 Å². The van der Waals surface area contributed by atoms with Gasteiger partial charge in [0.2, 0.25) is 0 Å². The minimum absolute atomic E-state index is 0.157. The lowest BCUT2D eigenvalue weighted by molar-refractivity contribution is -0.962. The standard InChI is InChI=1S/C23H29NO8/c1-13(25)31-20-7-4-15(8-21(20)32-14(2)26)12-24(3)17-5-6-18(24)10-16(9-17)19(23(29)30)11-22(27)28/h4,7-8,16-19H,5-6,9-12H2,1-3H3,(H-,27,28,29,30)/p+1/t16?,17-,18+,19?,24?. The van der Waals surface area contributed by atoms with E-state index in [1.165, 1.54) is 13.8 Å². The lowest BCUT2D eigenvalue weighted by Crippen LogP contribution is -2.57. The van der Waals surface area contributed by atoms with Crippen molar-refractivity contribution >= 4 is 23.9 Å². The maximum absolute atomic E-state index is 11.7. The molecule has 9 heteroatoms. The third-order valence-electron chi connectivity index (χ3n) is 6.97.